The van der Waals surface area contributed by atoms with Gasteiger partial charge in [-0.3, -0.25) is 57.4 Å². The molecular formula is C82H112N8O18S2. The number of Topliss-reactive ketones (excluding diaryl/α,β-unsaturated/α-hetero) is 2. The lowest BCUT2D eigenvalue weighted by atomic mass is 9.82. The fourth-order valence-corrected chi connectivity index (χ4v) is 19.4. The first-order valence-electron chi connectivity index (χ1n) is 39.5. The van der Waals surface area contributed by atoms with Crippen LogP contribution in [0.25, 0.3) is 21.5 Å². The molecule has 28 heteroatoms. The predicted molar refractivity (Wildman–Crippen MR) is 413 cm³/mol. The van der Waals surface area contributed by atoms with Gasteiger partial charge in [-0.25, -0.2) is 26.2 Å². The molecule has 110 heavy (non-hydrogen) atoms. The number of rotatable bonds is 16. The van der Waals surface area contributed by atoms with E-state index in [1.54, 1.807) is 90.1 Å². The Balaban J connectivity index is 0.000000218. The summed E-state index contributed by atoms with van der Waals surface area (Å²) in [6, 6.07) is 11.4. The van der Waals surface area contributed by atoms with Gasteiger partial charge in [-0.05, 0) is 206 Å². The molecule has 4 amide bonds. The van der Waals surface area contributed by atoms with Crippen LogP contribution in [0, 0.1) is 58.2 Å². The molecule has 4 aliphatic heterocycles. The molecule has 2 N–H and O–H groups in total. The van der Waals surface area contributed by atoms with Crippen molar-refractivity contribution < 1.29 is 74.1 Å². The van der Waals surface area contributed by atoms with Gasteiger partial charge in [-0.1, -0.05) is 76.3 Å². The second-order valence-corrected chi connectivity index (χ2v) is 39.3. The van der Waals surface area contributed by atoms with Crippen LogP contribution < -0.4 is 30.0 Å². The Morgan fingerprint density at radius 2 is 0.864 bits per heavy atom. The SMILES string of the molecule is CC(C)n1nc(O[C@@H]2C[C@H]3C(=O)C[C@]4(C(=O)NS(=O)(=O)C5CC5)C[C@H]4/C=C\CC[C@@H](C)C[C@@H](C)[C@H](CC(=O)OC(C)(C)C)C(=O)N3C2)c2ccccc2c1=O.CC(C)n1nc(O[C@@H]2C[C@H]3C(=O)C[C@]4(C(=O)NS(=O)(=O)C5CC5)C[C@H]4/C=C\CC[C@H](C)C[C@@H](C)[C@H](CC(=O)OC(C)(C)C)C(=O)N3C2)c2ccccc2c1=O. The molecule has 12 rings (SSSR count). The number of carbonyl (C=O) groups excluding carboxylic acids is 8. The van der Waals surface area contributed by atoms with Gasteiger partial charge in [-0.2, -0.15) is 0 Å². The summed E-state index contributed by atoms with van der Waals surface area (Å²) >= 11 is 0. The van der Waals surface area contributed by atoms with Crippen molar-refractivity contribution in [3.8, 4) is 11.8 Å². The normalized spacial score (nSPS) is 29.9. The molecule has 4 saturated carbocycles. The molecule has 0 unspecified atom stereocenters. The molecule has 26 nitrogen and oxygen atoms in total. The highest BCUT2D eigenvalue weighted by atomic mass is 32.2. The number of ether oxygens (including phenoxy) is 4. The minimum atomic E-state index is -3.87. The molecule has 0 bridgehead atoms. The van der Waals surface area contributed by atoms with Crippen LogP contribution in [0.4, 0.5) is 0 Å². The minimum absolute atomic E-state index is 0.00225. The number of allylic oxidation sites excluding steroid dienone is 4. The van der Waals surface area contributed by atoms with Crippen molar-refractivity contribution in [2.24, 2.45) is 58.2 Å². The molecule has 2 aromatic heterocycles. The van der Waals surface area contributed by atoms with Crippen molar-refractivity contribution in [1.29, 1.82) is 0 Å². The molecule has 0 spiro atoms. The minimum Gasteiger partial charge on any atom is -0.471 e. The summed E-state index contributed by atoms with van der Waals surface area (Å²) in [5, 5.41) is 9.75. The Labute approximate surface area is 645 Å². The van der Waals surface area contributed by atoms with Gasteiger partial charge in [0.25, 0.3) is 11.1 Å². The largest absolute Gasteiger partial charge is 0.471 e. The summed E-state index contributed by atoms with van der Waals surface area (Å²) in [7, 11) is -7.74. The zero-order valence-corrected chi connectivity index (χ0v) is 67.8. The maximum absolute atomic E-state index is 14.9. The van der Waals surface area contributed by atoms with Crippen LogP contribution in [-0.2, 0) is 67.9 Å². The number of amides is 4. The maximum Gasteiger partial charge on any atom is 0.307 e. The molecule has 6 fully saturated rings. The zero-order chi connectivity index (χ0) is 80.1. The lowest BCUT2D eigenvalue weighted by Crippen LogP contribution is -2.47. The number of esters is 2. The quantitative estimate of drug-likeness (QED) is 0.0777. The molecule has 14 atom stereocenters. The Hall–Kier alpha value is -8.14. The average molecular weight is 1560 g/mol. The first-order valence-corrected chi connectivity index (χ1v) is 42.6. The van der Waals surface area contributed by atoms with Crippen molar-refractivity contribution in [3.63, 3.8) is 0 Å². The van der Waals surface area contributed by atoms with Gasteiger partial charge < -0.3 is 28.7 Å². The fourth-order valence-electron chi connectivity index (χ4n) is 16.6. The molecule has 2 aromatic carbocycles. The van der Waals surface area contributed by atoms with E-state index in [2.05, 4.69) is 33.5 Å². The second kappa shape index (κ2) is 32.5. The van der Waals surface area contributed by atoms with Crippen molar-refractivity contribution >= 4 is 88.7 Å². The summed E-state index contributed by atoms with van der Waals surface area (Å²) in [5.41, 5.74) is -4.62. The average Bonchev–Trinajstić information content (AvgIpc) is 1.57. The number of ketones is 2. The lowest BCUT2D eigenvalue weighted by Gasteiger charge is -2.32. The van der Waals surface area contributed by atoms with Crippen LogP contribution in [-0.4, -0.2) is 152 Å². The molecule has 4 aromatic rings. The van der Waals surface area contributed by atoms with Crippen molar-refractivity contribution in [2.45, 2.75) is 271 Å². The number of hydrogen-bond donors (Lipinski definition) is 2. The van der Waals surface area contributed by atoms with Gasteiger partial charge in [-0.15, -0.1) is 10.2 Å². The van der Waals surface area contributed by atoms with Crippen LogP contribution >= 0.6 is 0 Å². The van der Waals surface area contributed by atoms with Crippen LogP contribution in [0.15, 0.2) is 82.4 Å². The van der Waals surface area contributed by atoms with Gasteiger partial charge in [0.05, 0.1) is 105 Å². The van der Waals surface area contributed by atoms with Crippen LogP contribution in [0.3, 0.4) is 0 Å². The summed E-state index contributed by atoms with van der Waals surface area (Å²) in [6.07, 6.45) is 12.6. The first-order chi connectivity index (χ1) is 51.6. The van der Waals surface area contributed by atoms with E-state index in [4.69, 9.17) is 18.9 Å². The Morgan fingerprint density at radius 1 is 0.518 bits per heavy atom. The monoisotopic (exact) mass is 1560 g/mol. The fraction of sp³-hybridized carbons (Fsp3) is 0.659. The zero-order valence-electron chi connectivity index (χ0n) is 66.2. The van der Waals surface area contributed by atoms with Gasteiger partial charge in [0.1, 0.15) is 23.4 Å². The topological polar surface area (TPSA) is 342 Å². The van der Waals surface area contributed by atoms with Crippen LogP contribution in [0.1, 0.15) is 225 Å². The Morgan fingerprint density at radius 3 is 1.19 bits per heavy atom. The van der Waals surface area contributed by atoms with Crippen molar-refractivity contribution in [2.75, 3.05) is 13.1 Å². The van der Waals surface area contributed by atoms with E-state index < -0.39 is 112 Å². The van der Waals surface area contributed by atoms with E-state index >= 15 is 0 Å². The highest BCUT2D eigenvalue weighted by Crippen LogP contribution is 2.59. The number of aromatic nitrogens is 4. The highest BCUT2D eigenvalue weighted by Gasteiger charge is 2.63. The molecule has 8 aliphatic rings. The Kier molecular flexibility index (Phi) is 24.5. The van der Waals surface area contributed by atoms with Crippen LogP contribution in [0.2, 0.25) is 0 Å². The van der Waals surface area contributed by atoms with E-state index in [0.29, 0.717) is 85.8 Å². The standard InChI is InChI=1S/2C41H56N4O9S/c2*1-24(2)45-38(49)31-15-11-10-14-30(31)36(42-45)53-28-19-33-34(46)22-41(39(50)43-55(51,52)29-16-17-29)21-27(41)13-9-8-12-25(3)18-26(4)32(37(48)44(33)23-28)20-35(47)54-40(5,6)7/h2*9-11,13-15,24-29,32-33H,8,12,16-23H2,1-7H3,(H,43,50)/b2*13-9-/t25-,26+,27+,28+,32-,33-,41+;25-,26-,27-,28-,32+,33+,41-/m01/s1. The van der Waals surface area contributed by atoms with E-state index in [1.807, 2.05) is 65.8 Å². The van der Waals surface area contributed by atoms with Gasteiger partial charge in [0.2, 0.25) is 55.4 Å². The van der Waals surface area contributed by atoms with Crippen molar-refractivity contribution in [1.82, 2.24) is 38.8 Å². The molecule has 2 saturated heterocycles. The smallest absolute Gasteiger partial charge is 0.307 e. The van der Waals surface area contributed by atoms with Gasteiger partial charge in [0, 0.05) is 25.7 Å². The van der Waals surface area contributed by atoms with Gasteiger partial charge in [0.15, 0.2) is 11.6 Å². The molecule has 4 aliphatic carbocycles. The molecular weight excluding hydrogens is 1450 g/mol. The molecule has 0 radical (unpaired) electrons. The number of carbonyl (C=O) groups is 8. The number of sulfonamides is 2. The second-order valence-electron chi connectivity index (χ2n) is 35.4. The maximum atomic E-state index is 14.9. The van der Waals surface area contributed by atoms with Crippen LogP contribution in [0.5, 0.6) is 11.8 Å². The van der Waals surface area contributed by atoms with E-state index in [1.165, 1.54) is 19.2 Å². The third kappa shape index (κ3) is 19.1. The van der Waals surface area contributed by atoms with E-state index in [-0.39, 0.29) is 145 Å². The summed E-state index contributed by atoms with van der Waals surface area (Å²) in [5.74, 6) is -5.91. The van der Waals surface area contributed by atoms with Crippen molar-refractivity contribution in [3.05, 3.63) is 93.5 Å². The third-order valence-electron chi connectivity index (χ3n) is 23.1. The van der Waals surface area contributed by atoms with E-state index in [9.17, 15) is 64.8 Å². The first kappa shape index (κ1) is 82.8. The summed E-state index contributed by atoms with van der Waals surface area (Å²) in [6.45, 7) is 26.1. The summed E-state index contributed by atoms with van der Waals surface area (Å²) < 4.78 is 83.4. The third-order valence-corrected chi connectivity index (χ3v) is 26.7. The van der Waals surface area contributed by atoms with Gasteiger partial charge >= 0.3 is 11.9 Å². The lowest BCUT2D eigenvalue weighted by molar-refractivity contribution is -0.160. The molecule has 6 heterocycles. The highest BCUT2D eigenvalue weighted by molar-refractivity contribution is 7.91. The predicted octanol–water partition coefficient (Wildman–Crippen LogP) is 10.5. The molecule has 600 valence electrons. The van der Waals surface area contributed by atoms with E-state index in [0.717, 1.165) is 12.8 Å². The number of benzene rings is 2. The number of fused-ring (bicyclic) bond motifs is 6. The Bertz CT molecular complexity index is 4350. The number of nitrogens with one attached hydrogen (secondary N) is 2. The number of nitrogens with zero attached hydrogens (tertiary/aromatic N) is 6. The summed E-state index contributed by atoms with van der Waals surface area (Å²) in [4.78, 5) is 143. The number of hydrogen-bond acceptors (Lipinski definition) is 20.